The lowest BCUT2D eigenvalue weighted by molar-refractivity contribution is 0.0948. The Morgan fingerprint density at radius 3 is 2.94 bits per heavy atom. The Morgan fingerprint density at radius 1 is 1.28 bits per heavy atom. The fraction of sp³-hybridized carbons (Fsp3) is 0.308. The molecule has 0 atom stereocenters. The number of carbonyl (C=O) groups is 1. The predicted octanol–water partition coefficient (Wildman–Crippen LogP) is 1.49. The smallest absolute Gasteiger partial charge is 0.269 e. The van der Waals surface area contributed by atoms with Gasteiger partial charge in [-0.05, 0) is 25.0 Å². The van der Waals surface area contributed by atoms with Crippen molar-refractivity contribution in [1.29, 1.82) is 0 Å². The molecule has 0 aliphatic carbocycles. The minimum atomic E-state index is -0.113. The number of pyridine rings is 1. The molecule has 18 heavy (non-hydrogen) atoms. The lowest BCUT2D eigenvalue weighted by atomic mass is 10.3. The number of nitrogens with zero attached hydrogens (tertiary/aromatic N) is 3. The van der Waals surface area contributed by atoms with E-state index >= 15 is 0 Å². The first-order valence-electron chi connectivity index (χ1n) is 6.01. The number of imidazole rings is 1. The summed E-state index contributed by atoms with van der Waals surface area (Å²) in [7, 11) is 0. The molecule has 94 valence electrons. The predicted molar refractivity (Wildman–Crippen MR) is 68.0 cm³/mol. The van der Waals surface area contributed by atoms with E-state index in [1.54, 1.807) is 36.9 Å². The molecule has 5 heteroatoms. The molecule has 1 N–H and O–H groups in total. The number of amides is 1. The van der Waals surface area contributed by atoms with Crippen LogP contribution in [-0.4, -0.2) is 27.0 Å². The number of rotatable bonds is 6. The summed E-state index contributed by atoms with van der Waals surface area (Å²) in [5.74, 6) is -0.113. The number of hydrogen-bond acceptors (Lipinski definition) is 3. The fourth-order valence-corrected chi connectivity index (χ4v) is 1.63. The topological polar surface area (TPSA) is 59.8 Å². The quantitative estimate of drug-likeness (QED) is 0.783. The van der Waals surface area contributed by atoms with Gasteiger partial charge in [0.1, 0.15) is 5.69 Å². The van der Waals surface area contributed by atoms with E-state index in [2.05, 4.69) is 15.3 Å². The number of hydrogen-bond donors (Lipinski definition) is 1. The van der Waals surface area contributed by atoms with Crippen LogP contribution in [0.1, 0.15) is 23.3 Å². The highest BCUT2D eigenvalue weighted by Crippen LogP contribution is 1.96. The Balaban J connectivity index is 1.62. The van der Waals surface area contributed by atoms with Gasteiger partial charge in [-0.25, -0.2) is 4.98 Å². The van der Waals surface area contributed by atoms with Crippen LogP contribution in [0.2, 0.25) is 0 Å². The SMILES string of the molecule is O=C(NCCCCn1ccnc1)c1ccccn1. The molecule has 0 aliphatic heterocycles. The molecular formula is C13H16N4O. The summed E-state index contributed by atoms with van der Waals surface area (Å²) in [6, 6.07) is 5.31. The molecule has 0 unspecified atom stereocenters. The van der Waals surface area contributed by atoms with Crippen molar-refractivity contribution in [2.45, 2.75) is 19.4 Å². The number of aryl methyl sites for hydroxylation is 1. The summed E-state index contributed by atoms with van der Waals surface area (Å²) in [5, 5.41) is 2.85. The van der Waals surface area contributed by atoms with Crippen molar-refractivity contribution >= 4 is 5.91 Å². The first-order chi connectivity index (χ1) is 8.86. The maximum absolute atomic E-state index is 11.6. The van der Waals surface area contributed by atoms with Gasteiger partial charge in [0.15, 0.2) is 0 Å². The summed E-state index contributed by atoms with van der Waals surface area (Å²) in [6.07, 6.45) is 9.07. The van der Waals surface area contributed by atoms with Crippen LogP contribution in [0.5, 0.6) is 0 Å². The Labute approximate surface area is 106 Å². The van der Waals surface area contributed by atoms with E-state index in [9.17, 15) is 4.79 Å². The second-order valence-electron chi connectivity index (χ2n) is 3.98. The standard InChI is InChI=1S/C13H16N4O/c18-13(12-5-1-2-6-15-12)16-7-3-4-9-17-10-8-14-11-17/h1-2,5-6,8,10-11H,3-4,7,9H2,(H,16,18). The molecule has 2 aromatic rings. The molecule has 5 nitrogen and oxygen atoms in total. The average molecular weight is 244 g/mol. The van der Waals surface area contributed by atoms with Gasteiger partial charge in [0.2, 0.25) is 0 Å². The van der Waals surface area contributed by atoms with E-state index in [1.807, 2.05) is 10.8 Å². The second kappa shape index (κ2) is 6.54. The van der Waals surface area contributed by atoms with E-state index in [0.29, 0.717) is 12.2 Å². The zero-order valence-electron chi connectivity index (χ0n) is 10.1. The van der Waals surface area contributed by atoms with Crippen LogP contribution in [0.15, 0.2) is 43.1 Å². The van der Waals surface area contributed by atoms with Crippen molar-refractivity contribution < 1.29 is 4.79 Å². The molecule has 0 spiro atoms. The highest BCUT2D eigenvalue weighted by atomic mass is 16.1. The first kappa shape index (κ1) is 12.3. The molecule has 0 radical (unpaired) electrons. The Morgan fingerprint density at radius 2 is 2.22 bits per heavy atom. The van der Waals surface area contributed by atoms with E-state index in [0.717, 1.165) is 19.4 Å². The zero-order valence-corrected chi connectivity index (χ0v) is 10.1. The number of nitrogens with one attached hydrogen (secondary N) is 1. The van der Waals surface area contributed by atoms with Crippen LogP contribution in [0.25, 0.3) is 0 Å². The molecular weight excluding hydrogens is 228 g/mol. The lowest BCUT2D eigenvalue weighted by Gasteiger charge is -2.05. The van der Waals surface area contributed by atoms with Gasteiger partial charge in [-0.2, -0.15) is 0 Å². The molecule has 0 bridgehead atoms. The maximum Gasteiger partial charge on any atom is 0.269 e. The molecule has 0 saturated heterocycles. The highest BCUT2D eigenvalue weighted by Gasteiger charge is 2.04. The van der Waals surface area contributed by atoms with Gasteiger partial charge in [-0.1, -0.05) is 6.07 Å². The van der Waals surface area contributed by atoms with Gasteiger partial charge in [0.25, 0.3) is 5.91 Å². The minimum absolute atomic E-state index is 0.113. The second-order valence-corrected chi connectivity index (χ2v) is 3.98. The van der Waals surface area contributed by atoms with Crippen LogP contribution in [0.4, 0.5) is 0 Å². The zero-order chi connectivity index (χ0) is 12.6. The van der Waals surface area contributed by atoms with Crippen molar-refractivity contribution in [3.63, 3.8) is 0 Å². The van der Waals surface area contributed by atoms with Crippen LogP contribution >= 0.6 is 0 Å². The number of carbonyl (C=O) groups excluding carboxylic acids is 1. The largest absolute Gasteiger partial charge is 0.351 e. The van der Waals surface area contributed by atoms with Crippen molar-refractivity contribution in [3.05, 3.63) is 48.8 Å². The van der Waals surface area contributed by atoms with Gasteiger partial charge in [0.05, 0.1) is 6.33 Å². The van der Waals surface area contributed by atoms with Crippen LogP contribution in [0, 0.1) is 0 Å². The highest BCUT2D eigenvalue weighted by molar-refractivity contribution is 5.92. The average Bonchev–Trinajstić information content (AvgIpc) is 2.92. The molecule has 2 aromatic heterocycles. The monoisotopic (exact) mass is 244 g/mol. The van der Waals surface area contributed by atoms with Crippen LogP contribution in [0.3, 0.4) is 0 Å². The van der Waals surface area contributed by atoms with Gasteiger partial charge >= 0.3 is 0 Å². The van der Waals surface area contributed by atoms with Gasteiger partial charge in [0, 0.05) is 31.7 Å². The third-order valence-electron chi connectivity index (χ3n) is 2.59. The Hall–Kier alpha value is -2.17. The van der Waals surface area contributed by atoms with Crippen molar-refractivity contribution in [1.82, 2.24) is 19.9 Å². The fourth-order valence-electron chi connectivity index (χ4n) is 1.63. The molecule has 0 fully saturated rings. The normalized spacial score (nSPS) is 10.2. The molecule has 1 amide bonds. The molecule has 2 rings (SSSR count). The Bertz CT molecular complexity index is 467. The van der Waals surface area contributed by atoms with Gasteiger partial charge < -0.3 is 9.88 Å². The van der Waals surface area contributed by atoms with E-state index < -0.39 is 0 Å². The van der Waals surface area contributed by atoms with Crippen molar-refractivity contribution in [2.75, 3.05) is 6.54 Å². The number of aromatic nitrogens is 3. The lowest BCUT2D eigenvalue weighted by Crippen LogP contribution is -2.25. The third-order valence-corrected chi connectivity index (χ3v) is 2.59. The van der Waals surface area contributed by atoms with Gasteiger partial charge in [-0.15, -0.1) is 0 Å². The minimum Gasteiger partial charge on any atom is -0.351 e. The van der Waals surface area contributed by atoms with Crippen molar-refractivity contribution in [3.8, 4) is 0 Å². The van der Waals surface area contributed by atoms with Gasteiger partial charge in [-0.3, -0.25) is 9.78 Å². The third kappa shape index (κ3) is 3.69. The summed E-state index contributed by atoms with van der Waals surface area (Å²) < 4.78 is 2.03. The summed E-state index contributed by atoms with van der Waals surface area (Å²) >= 11 is 0. The summed E-state index contributed by atoms with van der Waals surface area (Å²) in [6.45, 7) is 1.60. The summed E-state index contributed by atoms with van der Waals surface area (Å²) in [4.78, 5) is 19.6. The molecule has 2 heterocycles. The summed E-state index contributed by atoms with van der Waals surface area (Å²) in [5.41, 5.74) is 0.465. The first-order valence-corrected chi connectivity index (χ1v) is 6.01. The molecule has 0 aliphatic rings. The molecule has 0 aromatic carbocycles. The Kier molecular flexibility index (Phi) is 4.46. The van der Waals surface area contributed by atoms with Crippen LogP contribution in [-0.2, 0) is 6.54 Å². The van der Waals surface area contributed by atoms with E-state index in [1.165, 1.54) is 0 Å². The molecule has 0 saturated carbocycles. The van der Waals surface area contributed by atoms with Crippen molar-refractivity contribution in [2.24, 2.45) is 0 Å². The van der Waals surface area contributed by atoms with E-state index in [4.69, 9.17) is 0 Å². The maximum atomic E-state index is 11.6. The number of unbranched alkanes of at least 4 members (excludes halogenated alkanes) is 1. The van der Waals surface area contributed by atoms with E-state index in [-0.39, 0.29) is 5.91 Å². The van der Waals surface area contributed by atoms with Crippen LogP contribution < -0.4 is 5.32 Å².